The summed E-state index contributed by atoms with van der Waals surface area (Å²) in [5.41, 5.74) is 1.02. The van der Waals surface area contributed by atoms with Crippen LogP contribution in [0, 0.1) is 0 Å². The van der Waals surface area contributed by atoms with Gasteiger partial charge in [-0.05, 0) is 36.4 Å². The van der Waals surface area contributed by atoms with Gasteiger partial charge in [-0.2, -0.15) is 0 Å². The maximum absolute atomic E-state index is 6.55. The first kappa shape index (κ1) is 18.7. The Hall–Kier alpha value is -2.62. The van der Waals surface area contributed by atoms with Gasteiger partial charge in [0.1, 0.15) is 5.75 Å². The van der Waals surface area contributed by atoms with Crippen LogP contribution in [0.4, 0.5) is 0 Å². The van der Waals surface area contributed by atoms with Gasteiger partial charge in [0.25, 0.3) is 0 Å². The third kappa shape index (κ3) is 5.00. The predicted octanol–water partition coefficient (Wildman–Crippen LogP) is 7.71. The SMILES string of the molecule is c1ccc(Sc2ccccc2OC(Sc2ccccc2)c2ccccc2)cc1. The molecule has 4 aromatic carbocycles. The van der Waals surface area contributed by atoms with Crippen LogP contribution >= 0.6 is 23.5 Å². The summed E-state index contributed by atoms with van der Waals surface area (Å²) in [6.45, 7) is 0. The highest BCUT2D eigenvalue weighted by Gasteiger charge is 2.17. The topological polar surface area (TPSA) is 9.23 Å². The highest BCUT2D eigenvalue weighted by atomic mass is 32.2. The number of hydrogen-bond acceptors (Lipinski definition) is 3. The van der Waals surface area contributed by atoms with E-state index < -0.39 is 0 Å². The molecule has 0 bridgehead atoms. The minimum absolute atomic E-state index is 0.124. The Labute approximate surface area is 174 Å². The fourth-order valence-electron chi connectivity index (χ4n) is 2.76. The monoisotopic (exact) mass is 400 g/mol. The van der Waals surface area contributed by atoms with Crippen molar-refractivity contribution in [2.45, 2.75) is 20.1 Å². The van der Waals surface area contributed by atoms with Gasteiger partial charge in [-0.3, -0.25) is 0 Å². The van der Waals surface area contributed by atoms with E-state index in [4.69, 9.17) is 4.74 Å². The number of hydrogen-bond donors (Lipinski definition) is 0. The molecule has 0 amide bonds. The van der Waals surface area contributed by atoms with Crippen molar-refractivity contribution in [3.05, 3.63) is 121 Å². The third-order valence-electron chi connectivity index (χ3n) is 4.11. The van der Waals surface area contributed by atoms with Crippen LogP contribution in [0.5, 0.6) is 5.75 Å². The van der Waals surface area contributed by atoms with Crippen LogP contribution in [-0.2, 0) is 0 Å². The fourth-order valence-corrected chi connectivity index (χ4v) is 4.67. The number of ether oxygens (including phenoxy) is 1. The van der Waals surface area contributed by atoms with E-state index in [1.165, 1.54) is 9.79 Å². The summed E-state index contributed by atoms with van der Waals surface area (Å²) in [4.78, 5) is 3.50. The summed E-state index contributed by atoms with van der Waals surface area (Å²) >= 11 is 3.44. The Balaban J connectivity index is 1.62. The van der Waals surface area contributed by atoms with Gasteiger partial charge in [0.05, 0.1) is 4.90 Å². The van der Waals surface area contributed by atoms with Gasteiger partial charge in [-0.1, -0.05) is 102 Å². The van der Waals surface area contributed by atoms with E-state index in [-0.39, 0.29) is 5.44 Å². The molecule has 1 nitrogen and oxygen atoms in total. The molecule has 0 aliphatic rings. The number of thioether (sulfide) groups is 1. The smallest absolute Gasteiger partial charge is 0.174 e. The second kappa shape index (κ2) is 9.54. The zero-order valence-electron chi connectivity index (χ0n) is 15.3. The van der Waals surface area contributed by atoms with Gasteiger partial charge in [-0.25, -0.2) is 0 Å². The van der Waals surface area contributed by atoms with Crippen molar-refractivity contribution in [3.8, 4) is 5.75 Å². The molecule has 0 aliphatic carbocycles. The quantitative estimate of drug-likeness (QED) is 0.232. The number of rotatable bonds is 7. The summed E-state index contributed by atoms with van der Waals surface area (Å²) in [5, 5.41) is 0. The summed E-state index contributed by atoms with van der Waals surface area (Å²) in [7, 11) is 0. The van der Waals surface area contributed by atoms with Crippen molar-refractivity contribution >= 4 is 23.5 Å². The third-order valence-corrected chi connectivity index (χ3v) is 6.30. The second-order valence-corrected chi connectivity index (χ2v) is 8.40. The van der Waals surface area contributed by atoms with Crippen LogP contribution in [0.25, 0.3) is 0 Å². The molecule has 28 heavy (non-hydrogen) atoms. The van der Waals surface area contributed by atoms with Crippen molar-refractivity contribution in [1.29, 1.82) is 0 Å². The van der Waals surface area contributed by atoms with Crippen LogP contribution < -0.4 is 4.74 Å². The highest BCUT2D eigenvalue weighted by molar-refractivity contribution is 7.99. The molecule has 0 heterocycles. The molecule has 4 rings (SSSR count). The van der Waals surface area contributed by atoms with Gasteiger partial charge in [0, 0.05) is 15.4 Å². The van der Waals surface area contributed by atoms with Crippen LogP contribution in [0.1, 0.15) is 11.0 Å². The lowest BCUT2D eigenvalue weighted by Crippen LogP contribution is -2.04. The Morgan fingerprint density at radius 2 is 1.07 bits per heavy atom. The molecule has 0 saturated heterocycles. The number of benzene rings is 4. The average molecular weight is 401 g/mol. The molecule has 0 aromatic heterocycles. The molecule has 0 radical (unpaired) electrons. The lowest BCUT2D eigenvalue weighted by molar-refractivity contribution is 0.288. The minimum atomic E-state index is -0.124. The predicted molar refractivity (Wildman–Crippen MR) is 119 cm³/mol. The molecule has 0 N–H and O–H groups in total. The Morgan fingerprint density at radius 1 is 0.536 bits per heavy atom. The Bertz CT molecular complexity index is 988. The minimum Gasteiger partial charge on any atom is -0.473 e. The van der Waals surface area contributed by atoms with Crippen LogP contribution in [0.3, 0.4) is 0 Å². The maximum Gasteiger partial charge on any atom is 0.174 e. The van der Waals surface area contributed by atoms with Gasteiger partial charge in [0.2, 0.25) is 0 Å². The fraction of sp³-hybridized carbons (Fsp3) is 0.0400. The van der Waals surface area contributed by atoms with Gasteiger partial charge >= 0.3 is 0 Å². The zero-order chi connectivity index (χ0) is 19.0. The molecule has 4 aromatic rings. The van der Waals surface area contributed by atoms with E-state index in [0.717, 1.165) is 16.2 Å². The van der Waals surface area contributed by atoms with E-state index in [2.05, 4.69) is 84.9 Å². The standard InChI is InChI=1S/C25H20OS2/c1-4-12-20(13-5-1)25(28-22-16-8-3-9-17-22)26-23-18-10-11-19-24(23)27-21-14-6-2-7-15-21/h1-19,25H. The molecule has 0 spiro atoms. The lowest BCUT2D eigenvalue weighted by atomic mass is 10.2. The summed E-state index contributed by atoms with van der Waals surface area (Å²) in [6, 6.07) is 39.4. The van der Waals surface area contributed by atoms with Crippen molar-refractivity contribution in [3.63, 3.8) is 0 Å². The molecule has 1 atom stereocenters. The Kier molecular flexibility index (Phi) is 6.38. The average Bonchev–Trinajstić information content (AvgIpc) is 2.77. The van der Waals surface area contributed by atoms with Crippen molar-refractivity contribution in [1.82, 2.24) is 0 Å². The van der Waals surface area contributed by atoms with E-state index in [1.54, 1.807) is 23.5 Å². The van der Waals surface area contributed by atoms with Crippen LogP contribution in [-0.4, -0.2) is 0 Å². The molecular weight excluding hydrogens is 380 g/mol. The van der Waals surface area contributed by atoms with E-state index >= 15 is 0 Å². The van der Waals surface area contributed by atoms with E-state index in [0.29, 0.717) is 0 Å². The normalized spacial score (nSPS) is 11.7. The molecule has 3 heteroatoms. The largest absolute Gasteiger partial charge is 0.473 e. The summed E-state index contributed by atoms with van der Waals surface area (Å²) in [5.74, 6) is 0.897. The first-order valence-electron chi connectivity index (χ1n) is 9.14. The van der Waals surface area contributed by atoms with Crippen molar-refractivity contribution in [2.24, 2.45) is 0 Å². The number of para-hydroxylation sites is 1. The molecule has 0 saturated carbocycles. The van der Waals surface area contributed by atoms with Gasteiger partial charge in [-0.15, -0.1) is 0 Å². The Morgan fingerprint density at radius 3 is 1.75 bits per heavy atom. The van der Waals surface area contributed by atoms with Crippen molar-refractivity contribution in [2.75, 3.05) is 0 Å². The molecule has 1 unspecified atom stereocenters. The summed E-state index contributed by atoms with van der Waals surface area (Å²) < 4.78 is 6.55. The first-order chi connectivity index (χ1) is 13.9. The first-order valence-corrected chi connectivity index (χ1v) is 10.8. The van der Waals surface area contributed by atoms with Crippen LogP contribution in [0.2, 0.25) is 0 Å². The molecule has 0 fully saturated rings. The second-order valence-electron chi connectivity index (χ2n) is 6.15. The van der Waals surface area contributed by atoms with Gasteiger partial charge < -0.3 is 4.74 Å². The highest BCUT2D eigenvalue weighted by Crippen LogP contribution is 2.41. The molecule has 138 valence electrons. The van der Waals surface area contributed by atoms with Crippen LogP contribution in [0.15, 0.2) is 130 Å². The van der Waals surface area contributed by atoms with Crippen molar-refractivity contribution < 1.29 is 4.74 Å². The summed E-state index contributed by atoms with van der Waals surface area (Å²) in [6.07, 6.45) is 0. The molecule has 0 aliphatic heterocycles. The van der Waals surface area contributed by atoms with E-state index in [9.17, 15) is 0 Å². The molecular formula is C25H20OS2. The lowest BCUT2D eigenvalue weighted by Gasteiger charge is -2.21. The zero-order valence-corrected chi connectivity index (χ0v) is 16.9. The van der Waals surface area contributed by atoms with E-state index in [1.807, 2.05) is 30.3 Å². The van der Waals surface area contributed by atoms with Gasteiger partial charge in [0.15, 0.2) is 5.44 Å². The maximum atomic E-state index is 6.55.